The van der Waals surface area contributed by atoms with Crippen molar-refractivity contribution in [2.24, 2.45) is 0 Å². The van der Waals surface area contributed by atoms with Gasteiger partial charge in [0.15, 0.2) is 5.11 Å². The molecule has 0 radical (unpaired) electrons. The highest BCUT2D eigenvalue weighted by molar-refractivity contribution is 7.80. The topological polar surface area (TPSA) is 33.3 Å². The van der Waals surface area contributed by atoms with Crippen LogP contribution >= 0.6 is 12.2 Å². The summed E-state index contributed by atoms with van der Waals surface area (Å²) in [5, 5.41) is 7.08. The maximum absolute atomic E-state index is 5.65. The number of hydrogen-bond donors (Lipinski definition) is 2. The Labute approximate surface area is 144 Å². The average Bonchev–Trinajstić information content (AvgIpc) is 2.50. The summed E-state index contributed by atoms with van der Waals surface area (Å²) < 4.78 is 5.65. The van der Waals surface area contributed by atoms with Gasteiger partial charge in [0, 0.05) is 18.8 Å². The predicted octanol–water partition coefficient (Wildman–Crippen LogP) is 4.20. The van der Waals surface area contributed by atoms with E-state index < -0.39 is 0 Å². The van der Waals surface area contributed by atoms with E-state index >= 15 is 0 Å². The van der Waals surface area contributed by atoms with E-state index in [1.165, 1.54) is 16.7 Å². The van der Waals surface area contributed by atoms with Gasteiger partial charge in [-0.15, -0.1) is 0 Å². The Morgan fingerprint density at radius 2 is 1.74 bits per heavy atom. The molecule has 0 aromatic heterocycles. The molecule has 0 bridgehead atoms. The van der Waals surface area contributed by atoms with Crippen LogP contribution in [0.3, 0.4) is 0 Å². The highest BCUT2D eigenvalue weighted by atomic mass is 32.1. The lowest BCUT2D eigenvalue weighted by molar-refractivity contribution is 0.119. The zero-order valence-corrected chi connectivity index (χ0v) is 14.6. The van der Waals surface area contributed by atoms with Gasteiger partial charge in [-0.1, -0.05) is 36.4 Å². The van der Waals surface area contributed by atoms with Crippen LogP contribution in [0.2, 0.25) is 0 Å². The van der Waals surface area contributed by atoms with E-state index in [-0.39, 0.29) is 0 Å². The standard InChI is InChI=1S/C19H24N2OS/c1-15-11-16(2)13-18(12-15)21-19(23)20-9-6-10-22-14-17-7-4-3-5-8-17/h3-5,7-8,11-13H,6,9-10,14H2,1-2H3,(H2,20,21,23). The molecule has 0 fully saturated rings. The monoisotopic (exact) mass is 328 g/mol. The number of thiocarbonyl (C=S) groups is 1. The molecule has 0 spiro atoms. The molecule has 2 aromatic rings. The first-order chi connectivity index (χ1) is 11.1. The number of anilines is 1. The Kier molecular flexibility index (Phi) is 7.04. The Bertz CT molecular complexity index is 608. The minimum absolute atomic E-state index is 0.651. The van der Waals surface area contributed by atoms with Gasteiger partial charge in [-0.3, -0.25) is 0 Å². The van der Waals surface area contributed by atoms with Crippen LogP contribution in [-0.2, 0) is 11.3 Å². The third kappa shape index (κ3) is 6.80. The van der Waals surface area contributed by atoms with Crippen molar-refractivity contribution < 1.29 is 4.74 Å². The minimum Gasteiger partial charge on any atom is -0.377 e. The van der Waals surface area contributed by atoms with Gasteiger partial charge in [-0.05, 0) is 61.3 Å². The molecule has 0 saturated heterocycles. The molecular formula is C19H24N2OS. The van der Waals surface area contributed by atoms with E-state index in [4.69, 9.17) is 17.0 Å². The van der Waals surface area contributed by atoms with Crippen LogP contribution < -0.4 is 10.6 Å². The minimum atomic E-state index is 0.651. The van der Waals surface area contributed by atoms with E-state index in [2.05, 4.69) is 54.8 Å². The summed E-state index contributed by atoms with van der Waals surface area (Å²) in [5.41, 5.74) is 4.68. The Balaban J connectivity index is 1.59. The van der Waals surface area contributed by atoms with Gasteiger partial charge < -0.3 is 15.4 Å². The summed E-state index contributed by atoms with van der Waals surface area (Å²) in [6.45, 7) is 6.34. The molecule has 0 unspecified atom stereocenters. The van der Waals surface area contributed by atoms with Crippen LogP contribution in [0.1, 0.15) is 23.1 Å². The molecule has 122 valence electrons. The number of ether oxygens (including phenoxy) is 1. The number of benzene rings is 2. The van der Waals surface area contributed by atoms with Crippen molar-refractivity contribution >= 4 is 23.0 Å². The average molecular weight is 328 g/mol. The Hall–Kier alpha value is -1.91. The highest BCUT2D eigenvalue weighted by Crippen LogP contribution is 2.13. The lowest BCUT2D eigenvalue weighted by Gasteiger charge is -2.12. The predicted molar refractivity (Wildman–Crippen MR) is 101 cm³/mol. The molecule has 0 amide bonds. The van der Waals surface area contributed by atoms with E-state index in [9.17, 15) is 0 Å². The SMILES string of the molecule is Cc1cc(C)cc(NC(=S)NCCCOCc2ccccc2)c1. The highest BCUT2D eigenvalue weighted by Gasteiger charge is 1.99. The molecule has 4 heteroatoms. The maximum Gasteiger partial charge on any atom is 0.170 e. The molecule has 3 nitrogen and oxygen atoms in total. The van der Waals surface area contributed by atoms with Crippen LogP contribution in [0.25, 0.3) is 0 Å². The lowest BCUT2D eigenvalue weighted by Crippen LogP contribution is -2.29. The fraction of sp³-hybridized carbons (Fsp3) is 0.316. The number of rotatable bonds is 7. The quantitative estimate of drug-likeness (QED) is 0.589. The summed E-state index contributed by atoms with van der Waals surface area (Å²) in [6.07, 6.45) is 0.918. The van der Waals surface area contributed by atoms with E-state index in [1.807, 2.05) is 18.2 Å². The molecule has 0 aliphatic carbocycles. The molecule has 2 rings (SSSR count). The Morgan fingerprint density at radius 1 is 1.04 bits per heavy atom. The van der Waals surface area contributed by atoms with Crippen LogP contribution in [0.5, 0.6) is 0 Å². The van der Waals surface area contributed by atoms with E-state index in [0.717, 1.165) is 18.7 Å². The maximum atomic E-state index is 5.65. The van der Waals surface area contributed by atoms with Crippen molar-refractivity contribution in [2.45, 2.75) is 26.9 Å². The van der Waals surface area contributed by atoms with Gasteiger partial charge in [0.2, 0.25) is 0 Å². The fourth-order valence-corrected chi connectivity index (χ4v) is 2.58. The van der Waals surface area contributed by atoms with Gasteiger partial charge in [0.25, 0.3) is 0 Å². The van der Waals surface area contributed by atoms with Crippen molar-refractivity contribution in [3.05, 3.63) is 65.2 Å². The number of nitrogens with one attached hydrogen (secondary N) is 2. The first kappa shape index (κ1) is 17.4. The summed E-state index contributed by atoms with van der Waals surface area (Å²) in [7, 11) is 0. The second-order valence-electron chi connectivity index (χ2n) is 5.65. The largest absolute Gasteiger partial charge is 0.377 e. The molecule has 2 N–H and O–H groups in total. The summed E-state index contributed by atoms with van der Waals surface area (Å²) in [4.78, 5) is 0. The summed E-state index contributed by atoms with van der Waals surface area (Å²) in [5.74, 6) is 0. The number of aryl methyl sites for hydroxylation is 2. The third-order valence-electron chi connectivity index (χ3n) is 3.34. The van der Waals surface area contributed by atoms with E-state index in [0.29, 0.717) is 18.3 Å². The van der Waals surface area contributed by atoms with Crippen LogP contribution in [0, 0.1) is 13.8 Å². The van der Waals surface area contributed by atoms with Crippen molar-refractivity contribution in [1.29, 1.82) is 0 Å². The normalized spacial score (nSPS) is 10.3. The molecule has 2 aromatic carbocycles. The second kappa shape index (κ2) is 9.28. The molecule has 0 saturated carbocycles. The van der Waals surface area contributed by atoms with Crippen molar-refractivity contribution in [3.63, 3.8) is 0 Å². The zero-order valence-electron chi connectivity index (χ0n) is 13.8. The fourth-order valence-electron chi connectivity index (χ4n) is 2.36. The van der Waals surface area contributed by atoms with E-state index in [1.54, 1.807) is 0 Å². The van der Waals surface area contributed by atoms with Crippen molar-refractivity contribution in [3.8, 4) is 0 Å². The van der Waals surface area contributed by atoms with Gasteiger partial charge in [-0.2, -0.15) is 0 Å². The van der Waals surface area contributed by atoms with Crippen molar-refractivity contribution in [2.75, 3.05) is 18.5 Å². The first-order valence-corrected chi connectivity index (χ1v) is 8.29. The smallest absolute Gasteiger partial charge is 0.170 e. The lowest BCUT2D eigenvalue weighted by atomic mass is 10.1. The molecular weight excluding hydrogens is 304 g/mol. The van der Waals surface area contributed by atoms with Gasteiger partial charge >= 0.3 is 0 Å². The van der Waals surface area contributed by atoms with Crippen LogP contribution in [0.15, 0.2) is 48.5 Å². The number of hydrogen-bond acceptors (Lipinski definition) is 2. The van der Waals surface area contributed by atoms with Crippen LogP contribution in [0.4, 0.5) is 5.69 Å². The summed E-state index contributed by atoms with van der Waals surface area (Å²) in [6, 6.07) is 16.5. The van der Waals surface area contributed by atoms with Gasteiger partial charge in [0.05, 0.1) is 6.61 Å². The molecule has 0 aliphatic heterocycles. The van der Waals surface area contributed by atoms with Gasteiger partial charge in [0.1, 0.15) is 0 Å². The molecule has 0 heterocycles. The second-order valence-corrected chi connectivity index (χ2v) is 6.06. The third-order valence-corrected chi connectivity index (χ3v) is 3.59. The summed E-state index contributed by atoms with van der Waals surface area (Å²) >= 11 is 5.31. The molecule has 23 heavy (non-hydrogen) atoms. The Morgan fingerprint density at radius 3 is 2.43 bits per heavy atom. The zero-order chi connectivity index (χ0) is 16.5. The first-order valence-electron chi connectivity index (χ1n) is 7.88. The molecule has 0 atom stereocenters. The van der Waals surface area contributed by atoms with Crippen molar-refractivity contribution in [1.82, 2.24) is 5.32 Å². The van der Waals surface area contributed by atoms with Gasteiger partial charge in [-0.25, -0.2) is 0 Å². The van der Waals surface area contributed by atoms with Crippen LogP contribution in [-0.4, -0.2) is 18.3 Å². The molecule has 0 aliphatic rings.